The van der Waals surface area contributed by atoms with Gasteiger partial charge in [0.2, 0.25) is 5.91 Å². The molecule has 144 valence electrons. The zero-order valence-corrected chi connectivity index (χ0v) is 16.1. The third-order valence-electron chi connectivity index (χ3n) is 3.81. The lowest BCUT2D eigenvalue weighted by molar-refractivity contribution is -0.139. The number of esters is 1. The predicted molar refractivity (Wildman–Crippen MR) is 108 cm³/mol. The lowest BCUT2D eigenvalue weighted by atomic mass is 10.1. The van der Waals surface area contributed by atoms with Gasteiger partial charge >= 0.3 is 5.97 Å². The van der Waals surface area contributed by atoms with E-state index in [-0.39, 0.29) is 29.8 Å². The molecule has 0 aliphatic rings. The summed E-state index contributed by atoms with van der Waals surface area (Å²) < 4.78 is 6.01. The van der Waals surface area contributed by atoms with Crippen LogP contribution in [0, 0.1) is 0 Å². The summed E-state index contributed by atoms with van der Waals surface area (Å²) in [5.41, 5.74) is 3.52. The molecule has 0 aliphatic heterocycles. The molecule has 0 fully saturated rings. The third kappa shape index (κ3) is 4.77. The minimum absolute atomic E-state index is 0.0207. The van der Waals surface area contributed by atoms with E-state index < -0.39 is 11.5 Å². The summed E-state index contributed by atoms with van der Waals surface area (Å²) in [5.74, 6) is -0.798. The Labute approximate surface area is 165 Å². The van der Waals surface area contributed by atoms with Crippen LogP contribution in [0.1, 0.15) is 12.5 Å². The topological polar surface area (TPSA) is 90.3 Å². The minimum Gasteiger partial charge on any atom is -0.465 e. The number of fused-ring (bicyclic) bond motifs is 1. The van der Waals surface area contributed by atoms with Gasteiger partial charge in [-0.05, 0) is 24.6 Å². The molecule has 1 amide bonds. The molecule has 0 spiro atoms. The molecule has 3 rings (SSSR count). The number of nitrogens with zero attached hydrogens (tertiary/aromatic N) is 2. The summed E-state index contributed by atoms with van der Waals surface area (Å²) in [7, 11) is 0. The first-order valence-electron chi connectivity index (χ1n) is 8.72. The molecule has 3 aromatic rings. The molecule has 0 atom stereocenters. The molecule has 0 saturated heterocycles. The molecule has 0 radical (unpaired) electrons. The van der Waals surface area contributed by atoms with Crippen molar-refractivity contribution in [3.63, 3.8) is 0 Å². The second kappa shape index (κ2) is 9.18. The third-order valence-corrected chi connectivity index (χ3v) is 4.73. The molecule has 0 bridgehead atoms. The quantitative estimate of drug-likeness (QED) is 0.374. The maximum absolute atomic E-state index is 12.9. The van der Waals surface area contributed by atoms with E-state index in [1.165, 1.54) is 0 Å². The second-order valence-corrected chi connectivity index (χ2v) is 6.79. The van der Waals surface area contributed by atoms with Crippen LogP contribution in [0.5, 0.6) is 0 Å². The van der Waals surface area contributed by atoms with Gasteiger partial charge in [0, 0.05) is 0 Å². The monoisotopic (exact) mass is 397 g/mol. The van der Waals surface area contributed by atoms with E-state index in [0.29, 0.717) is 10.9 Å². The average Bonchev–Trinajstić information content (AvgIpc) is 2.70. The van der Waals surface area contributed by atoms with Crippen LogP contribution in [0.15, 0.2) is 64.5 Å². The number of nitrogens with one attached hydrogen (secondary N) is 1. The van der Waals surface area contributed by atoms with Gasteiger partial charge in [0.05, 0.1) is 29.7 Å². The van der Waals surface area contributed by atoms with Crippen molar-refractivity contribution >= 4 is 34.5 Å². The molecule has 0 unspecified atom stereocenters. The number of carbonyl (C=O) groups is 2. The summed E-state index contributed by atoms with van der Waals surface area (Å²) in [6.07, 6.45) is 0.113. The molecule has 2 aromatic carbocycles. The molecular weight excluding hydrogens is 378 g/mol. The van der Waals surface area contributed by atoms with Crippen molar-refractivity contribution in [2.75, 3.05) is 17.8 Å². The summed E-state index contributed by atoms with van der Waals surface area (Å²) in [4.78, 5) is 41.5. The van der Waals surface area contributed by atoms with Crippen molar-refractivity contribution in [1.82, 2.24) is 9.66 Å². The first kappa shape index (κ1) is 19.6. The molecule has 1 N–H and O–H groups in total. The Bertz CT molecular complexity index is 1050. The molecule has 8 heteroatoms. The lowest BCUT2D eigenvalue weighted by Gasteiger charge is -2.14. The van der Waals surface area contributed by atoms with E-state index in [2.05, 4.69) is 10.4 Å². The predicted octanol–water partition coefficient (Wildman–Crippen LogP) is 2.36. The van der Waals surface area contributed by atoms with Gasteiger partial charge in [0.25, 0.3) is 5.56 Å². The molecule has 1 aromatic heterocycles. The Morgan fingerprint density at radius 3 is 2.57 bits per heavy atom. The fourth-order valence-electron chi connectivity index (χ4n) is 2.58. The summed E-state index contributed by atoms with van der Waals surface area (Å²) in [6, 6.07) is 16.1. The molecule has 1 heterocycles. The first-order chi connectivity index (χ1) is 13.6. The molecule has 7 nitrogen and oxygen atoms in total. The van der Waals surface area contributed by atoms with Gasteiger partial charge in [-0.15, -0.1) is 0 Å². The second-order valence-electron chi connectivity index (χ2n) is 5.84. The maximum atomic E-state index is 12.9. The van der Waals surface area contributed by atoms with Gasteiger partial charge in [0.1, 0.15) is 0 Å². The number of carbonyl (C=O) groups excluding carboxylic acids is 2. The van der Waals surface area contributed by atoms with Crippen LogP contribution in [0.25, 0.3) is 10.9 Å². The van der Waals surface area contributed by atoms with Gasteiger partial charge in [-0.1, -0.05) is 54.2 Å². The molecule has 28 heavy (non-hydrogen) atoms. The van der Waals surface area contributed by atoms with Gasteiger partial charge in [-0.3, -0.25) is 19.8 Å². The Morgan fingerprint density at radius 2 is 1.82 bits per heavy atom. The smallest absolute Gasteiger partial charge is 0.316 e. The van der Waals surface area contributed by atoms with Crippen LogP contribution in [0.4, 0.5) is 0 Å². The van der Waals surface area contributed by atoms with E-state index in [9.17, 15) is 14.4 Å². The van der Waals surface area contributed by atoms with Crippen molar-refractivity contribution in [3.05, 3.63) is 70.5 Å². The number of rotatable bonds is 7. The maximum Gasteiger partial charge on any atom is 0.316 e. The van der Waals surface area contributed by atoms with Crippen LogP contribution in [0.2, 0.25) is 0 Å². The van der Waals surface area contributed by atoms with E-state index in [4.69, 9.17) is 4.74 Å². The van der Waals surface area contributed by atoms with Gasteiger partial charge < -0.3 is 4.74 Å². The van der Waals surface area contributed by atoms with Gasteiger partial charge in [-0.2, -0.15) is 4.68 Å². The van der Waals surface area contributed by atoms with Gasteiger partial charge in [0.15, 0.2) is 5.16 Å². The van der Waals surface area contributed by atoms with Gasteiger partial charge in [-0.25, -0.2) is 4.98 Å². The Morgan fingerprint density at radius 1 is 1.11 bits per heavy atom. The number of thioether (sulfide) groups is 1. The van der Waals surface area contributed by atoms with Crippen molar-refractivity contribution in [1.29, 1.82) is 0 Å². The minimum atomic E-state index is -0.419. The number of hydrogen-bond donors (Lipinski definition) is 1. The number of amides is 1. The van der Waals surface area contributed by atoms with E-state index in [1.54, 1.807) is 31.2 Å². The van der Waals surface area contributed by atoms with Crippen LogP contribution >= 0.6 is 11.8 Å². The fourth-order valence-corrected chi connectivity index (χ4v) is 3.33. The number of hydrogen-bond acceptors (Lipinski definition) is 6. The zero-order valence-electron chi connectivity index (χ0n) is 15.3. The van der Waals surface area contributed by atoms with Crippen LogP contribution in [0.3, 0.4) is 0 Å². The Kier molecular flexibility index (Phi) is 6.44. The summed E-state index contributed by atoms with van der Waals surface area (Å²) >= 11 is 1.03. The van der Waals surface area contributed by atoms with E-state index in [0.717, 1.165) is 22.0 Å². The largest absolute Gasteiger partial charge is 0.465 e. The summed E-state index contributed by atoms with van der Waals surface area (Å²) in [5, 5.41) is 0.598. The SMILES string of the molecule is CCOC(=O)CSc1nc2ccccc2c(=O)n1NC(=O)Cc1ccccc1. The average molecular weight is 397 g/mol. The van der Waals surface area contributed by atoms with E-state index >= 15 is 0 Å². The van der Waals surface area contributed by atoms with E-state index in [1.807, 2.05) is 30.3 Å². The fraction of sp³-hybridized carbons (Fsp3) is 0.200. The van der Waals surface area contributed by atoms with Crippen LogP contribution in [-0.2, 0) is 20.7 Å². The highest BCUT2D eigenvalue weighted by Gasteiger charge is 2.15. The zero-order chi connectivity index (χ0) is 19.9. The normalized spacial score (nSPS) is 10.6. The standard InChI is InChI=1S/C20H19N3O4S/c1-2-27-18(25)13-28-20-21-16-11-7-6-10-15(16)19(26)23(20)22-17(24)12-14-8-4-3-5-9-14/h3-11H,2,12-13H2,1H3,(H,22,24). The highest BCUT2D eigenvalue weighted by molar-refractivity contribution is 7.99. The van der Waals surface area contributed by atoms with Crippen molar-refractivity contribution < 1.29 is 14.3 Å². The van der Waals surface area contributed by atoms with Crippen molar-refractivity contribution in [2.24, 2.45) is 0 Å². The molecular formula is C20H19N3O4S. The number of ether oxygens (including phenoxy) is 1. The Balaban J connectivity index is 1.90. The number of para-hydroxylation sites is 1. The first-order valence-corrected chi connectivity index (χ1v) is 9.71. The molecule has 0 saturated carbocycles. The number of aromatic nitrogens is 2. The highest BCUT2D eigenvalue weighted by Crippen LogP contribution is 2.17. The van der Waals surface area contributed by atoms with Crippen LogP contribution in [-0.4, -0.2) is 33.9 Å². The summed E-state index contributed by atoms with van der Waals surface area (Å²) in [6.45, 7) is 1.99. The van der Waals surface area contributed by atoms with Crippen LogP contribution < -0.4 is 11.0 Å². The van der Waals surface area contributed by atoms with Crippen molar-refractivity contribution in [3.8, 4) is 0 Å². The Hall–Kier alpha value is -3.13. The highest BCUT2D eigenvalue weighted by atomic mass is 32.2. The number of benzene rings is 2. The molecule has 0 aliphatic carbocycles. The lowest BCUT2D eigenvalue weighted by Crippen LogP contribution is -2.36. The van der Waals surface area contributed by atoms with Crippen molar-refractivity contribution in [2.45, 2.75) is 18.5 Å².